The number of thioether (sulfide) groups is 1. The van der Waals surface area contributed by atoms with E-state index in [0.717, 1.165) is 47.9 Å². The molecule has 1 amide bonds. The third kappa shape index (κ3) is 4.22. The Balaban J connectivity index is 1.54. The molecule has 1 N–H and O–H groups in total. The fraction of sp³-hybridized carbons (Fsp3) is 0.429. The van der Waals surface area contributed by atoms with Gasteiger partial charge in [-0.25, -0.2) is 4.98 Å². The van der Waals surface area contributed by atoms with Crippen molar-refractivity contribution in [3.05, 3.63) is 39.7 Å². The molecule has 2 aromatic heterocycles. The maximum Gasteiger partial charge on any atom is 0.273 e. The highest BCUT2D eigenvalue weighted by Gasteiger charge is 2.20. The highest BCUT2D eigenvalue weighted by molar-refractivity contribution is 7.99. The number of nitrogens with one attached hydrogen (secondary N) is 1. The van der Waals surface area contributed by atoms with Crippen molar-refractivity contribution in [3.8, 4) is 0 Å². The van der Waals surface area contributed by atoms with E-state index in [1.807, 2.05) is 39.0 Å². The van der Waals surface area contributed by atoms with Crippen molar-refractivity contribution in [2.24, 2.45) is 0 Å². The summed E-state index contributed by atoms with van der Waals surface area (Å²) in [6.07, 6.45) is 2.30. The number of carbonyl (C=O) groups is 1. The topological polar surface area (TPSA) is 80.1 Å². The minimum absolute atomic E-state index is 0.0808. The summed E-state index contributed by atoms with van der Waals surface area (Å²) >= 11 is 2.69. The van der Waals surface area contributed by atoms with Crippen LogP contribution in [0.1, 0.15) is 30.9 Å². The van der Waals surface area contributed by atoms with Gasteiger partial charge in [0.15, 0.2) is 15.9 Å². The third-order valence-electron chi connectivity index (χ3n) is 5.15. The van der Waals surface area contributed by atoms with E-state index in [4.69, 9.17) is 0 Å². The molecule has 30 heavy (non-hydrogen) atoms. The summed E-state index contributed by atoms with van der Waals surface area (Å²) in [6.45, 7) is 8.36. The minimum atomic E-state index is -0.125. The molecule has 1 aliphatic heterocycles. The van der Waals surface area contributed by atoms with Gasteiger partial charge in [-0.05, 0) is 45.2 Å². The van der Waals surface area contributed by atoms with Gasteiger partial charge < -0.3 is 10.2 Å². The van der Waals surface area contributed by atoms with E-state index in [1.165, 1.54) is 23.1 Å². The molecule has 4 rings (SSSR count). The van der Waals surface area contributed by atoms with Crippen molar-refractivity contribution in [2.45, 2.75) is 45.3 Å². The van der Waals surface area contributed by atoms with Gasteiger partial charge in [-0.2, -0.15) is 4.98 Å². The van der Waals surface area contributed by atoms with Gasteiger partial charge in [-0.1, -0.05) is 40.8 Å². The van der Waals surface area contributed by atoms with Gasteiger partial charge in [-0.15, -0.1) is 0 Å². The lowest BCUT2D eigenvalue weighted by Crippen LogP contribution is -2.23. The molecule has 7 nitrogen and oxygen atoms in total. The fourth-order valence-corrected chi connectivity index (χ4v) is 5.44. The average molecular weight is 444 g/mol. The first kappa shape index (κ1) is 20.9. The Morgan fingerprint density at radius 1 is 1.23 bits per heavy atom. The number of hydrogen-bond acceptors (Lipinski definition) is 7. The van der Waals surface area contributed by atoms with Crippen molar-refractivity contribution in [2.75, 3.05) is 29.1 Å². The summed E-state index contributed by atoms with van der Waals surface area (Å²) in [4.78, 5) is 36.9. The van der Waals surface area contributed by atoms with Crippen LogP contribution in [0.25, 0.3) is 10.3 Å². The minimum Gasteiger partial charge on any atom is -0.348 e. The zero-order valence-electron chi connectivity index (χ0n) is 17.4. The van der Waals surface area contributed by atoms with E-state index in [1.54, 1.807) is 4.57 Å². The normalized spacial score (nSPS) is 13.9. The number of benzene rings is 1. The number of aromatic nitrogens is 3. The average Bonchev–Trinajstić information content (AvgIpc) is 3.38. The number of nitrogens with zero attached hydrogens (tertiary/aromatic N) is 4. The highest BCUT2D eigenvalue weighted by Crippen LogP contribution is 2.29. The number of rotatable bonds is 6. The van der Waals surface area contributed by atoms with Gasteiger partial charge in [0.05, 0.1) is 5.75 Å². The first-order chi connectivity index (χ1) is 14.5. The predicted molar refractivity (Wildman–Crippen MR) is 124 cm³/mol. The zero-order chi connectivity index (χ0) is 21.3. The number of thiazole rings is 1. The van der Waals surface area contributed by atoms with Crippen LogP contribution in [0.15, 0.2) is 28.2 Å². The Labute approximate surface area is 183 Å². The molecular formula is C21H25N5O2S2. The number of carbonyl (C=O) groups excluding carboxylic acids is 1. The molecule has 3 aromatic rings. The largest absolute Gasteiger partial charge is 0.348 e. The van der Waals surface area contributed by atoms with Gasteiger partial charge in [-0.3, -0.25) is 14.2 Å². The van der Waals surface area contributed by atoms with Crippen molar-refractivity contribution in [3.63, 3.8) is 0 Å². The van der Waals surface area contributed by atoms with Crippen LogP contribution in [0.4, 0.5) is 10.8 Å². The van der Waals surface area contributed by atoms with Gasteiger partial charge >= 0.3 is 0 Å². The second kappa shape index (κ2) is 8.77. The quantitative estimate of drug-likeness (QED) is 0.461. The van der Waals surface area contributed by atoms with E-state index >= 15 is 0 Å². The number of hydrogen-bond donors (Lipinski definition) is 1. The Morgan fingerprint density at radius 3 is 2.70 bits per heavy atom. The Bertz CT molecular complexity index is 1150. The van der Waals surface area contributed by atoms with Crippen molar-refractivity contribution in [1.29, 1.82) is 0 Å². The maximum absolute atomic E-state index is 13.0. The third-order valence-corrected chi connectivity index (χ3v) is 7.22. The summed E-state index contributed by atoms with van der Waals surface area (Å²) in [5.41, 5.74) is 3.38. The van der Waals surface area contributed by atoms with Crippen LogP contribution in [0.2, 0.25) is 0 Å². The summed E-state index contributed by atoms with van der Waals surface area (Å²) in [7, 11) is 0. The van der Waals surface area contributed by atoms with Crippen LogP contribution in [0.3, 0.4) is 0 Å². The predicted octanol–water partition coefficient (Wildman–Crippen LogP) is 3.82. The molecule has 1 aliphatic rings. The Hall–Kier alpha value is -2.39. The first-order valence-electron chi connectivity index (χ1n) is 10.1. The van der Waals surface area contributed by atoms with Crippen LogP contribution in [0.5, 0.6) is 0 Å². The number of fused-ring (bicyclic) bond motifs is 1. The summed E-state index contributed by atoms with van der Waals surface area (Å²) < 4.78 is 2.21. The van der Waals surface area contributed by atoms with Crippen LogP contribution >= 0.6 is 23.1 Å². The van der Waals surface area contributed by atoms with Crippen LogP contribution in [-0.4, -0.2) is 39.3 Å². The monoisotopic (exact) mass is 443 g/mol. The molecule has 0 saturated carbocycles. The number of anilines is 2. The van der Waals surface area contributed by atoms with Crippen molar-refractivity contribution >= 4 is 50.2 Å². The Morgan fingerprint density at radius 2 is 2.00 bits per heavy atom. The van der Waals surface area contributed by atoms with E-state index in [-0.39, 0.29) is 17.2 Å². The molecule has 9 heteroatoms. The van der Waals surface area contributed by atoms with E-state index in [9.17, 15) is 9.59 Å². The summed E-state index contributed by atoms with van der Waals surface area (Å²) in [5.74, 6) is 0.0500. The molecule has 1 aromatic carbocycles. The molecule has 0 atom stereocenters. The molecule has 0 unspecified atom stereocenters. The molecule has 3 heterocycles. The lowest BCUT2D eigenvalue weighted by atomic mass is 10.1. The molecular weight excluding hydrogens is 418 g/mol. The van der Waals surface area contributed by atoms with Crippen molar-refractivity contribution in [1.82, 2.24) is 14.5 Å². The lowest BCUT2D eigenvalue weighted by molar-refractivity contribution is -0.113. The molecule has 0 aliphatic carbocycles. The van der Waals surface area contributed by atoms with E-state index < -0.39 is 0 Å². The number of amides is 1. The van der Waals surface area contributed by atoms with E-state index in [0.29, 0.717) is 22.0 Å². The van der Waals surface area contributed by atoms with Crippen molar-refractivity contribution < 1.29 is 4.79 Å². The SMILES string of the molecule is CCn1c(SCC(=O)Nc2ccc(C)cc2C)nc2nc(N3CCCC3)sc2c1=O. The Kier molecular flexibility index (Phi) is 6.10. The molecule has 158 valence electrons. The molecule has 0 spiro atoms. The molecule has 0 radical (unpaired) electrons. The van der Waals surface area contributed by atoms with Gasteiger partial charge in [0, 0.05) is 25.3 Å². The standard InChI is InChI=1S/C21H25N5O2S2/c1-4-26-19(28)17-18(23-20(30-17)25-9-5-6-10-25)24-21(26)29-12-16(27)22-15-8-7-13(2)11-14(15)3/h7-8,11H,4-6,9-10,12H2,1-3H3,(H,22,27). The van der Waals surface area contributed by atoms with Crippen LogP contribution in [0, 0.1) is 13.8 Å². The second-order valence-electron chi connectivity index (χ2n) is 7.44. The smallest absolute Gasteiger partial charge is 0.273 e. The molecule has 1 fully saturated rings. The summed E-state index contributed by atoms with van der Waals surface area (Å²) in [5, 5.41) is 4.34. The van der Waals surface area contributed by atoms with Crippen LogP contribution in [-0.2, 0) is 11.3 Å². The lowest BCUT2D eigenvalue weighted by Gasteiger charge is -2.11. The van der Waals surface area contributed by atoms with E-state index in [2.05, 4.69) is 20.2 Å². The van der Waals surface area contributed by atoms with Crippen LogP contribution < -0.4 is 15.8 Å². The van der Waals surface area contributed by atoms with Gasteiger partial charge in [0.25, 0.3) is 5.56 Å². The molecule has 1 saturated heterocycles. The number of aryl methyl sites for hydroxylation is 2. The maximum atomic E-state index is 13.0. The molecule has 0 bridgehead atoms. The fourth-order valence-electron chi connectivity index (χ4n) is 3.58. The van der Waals surface area contributed by atoms with Gasteiger partial charge in [0.2, 0.25) is 5.91 Å². The second-order valence-corrected chi connectivity index (χ2v) is 9.36. The first-order valence-corrected chi connectivity index (χ1v) is 11.9. The summed E-state index contributed by atoms with van der Waals surface area (Å²) in [6, 6.07) is 5.92. The van der Waals surface area contributed by atoms with Gasteiger partial charge in [0.1, 0.15) is 4.70 Å². The highest BCUT2D eigenvalue weighted by atomic mass is 32.2. The zero-order valence-corrected chi connectivity index (χ0v) is 19.0.